The van der Waals surface area contributed by atoms with Crippen LogP contribution in [0, 0.1) is 12.8 Å². The van der Waals surface area contributed by atoms with Gasteiger partial charge in [0.2, 0.25) is 0 Å². The van der Waals surface area contributed by atoms with Crippen LogP contribution in [0.4, 0.5) is 5.00 Å². The van der Waals surface area contributed by atoms with E-state index in [1.807, 2.05) is 0 Å². The molecule has 4 nitrogen and oxygen atoms in total. The predicted molar refractivity (Wildman–Crippen MR) is 66.4 cm³/mol. The van der Waals surface area contributed by atoms with Crippen molar-refractivity contribution in [3.8, 4) is 0 Å². The Balaban J connectivity index is 2.77. The number of nitrogens with zero attached hydrogens (tertiary/aromatic N) is 1. The zero-order chi connectivity index (χ0) is 12.3. The van der Waals surface area contributed by atoms with Crippen LogP contribution in [0.2, 0.25) is 0 Å². The van der Waals surface area contributed by atoms with E-state index in [0.29, 0.717) is 22.2 Å². The molecule has 0 saturated heterocycles. The van der Waals surface area contributed by atoms with Gasteiger partial charge in [-0.2, -0.15) is 4.37 Å². The van der Waals surface area contributed by atoms with Gasteiger partial charge in [0.1, 0.15) is 10.6 Å². The van der Waals surface area contributed by atoms with Crippen molar-refractivity contribution in [1.82, 2.24) is 4.37 Å². The molecule has 0 spiro atoms. The normalized spacial score (nSPS) is 12.8. The van der Waals surface area contributed by atoms with Crippen LogP contribution in [-0.2, 0) is 0 Å². The Morgan fingerprint density at radius 3 is 2.62 bits per heavy atom. The van der Waals surface area contributed by atoms with E-state index in [0.717, 1.165) is 6.42 Å². The molecule has 1 atom stereocenters. The van der Waals surface area contributed by atoms with Gasteiger partial charge in [-0.1, -0.05) is 13.8 Å². The summed E-state index contributed by atoms with van der Waals surface area (Å²) in [6.07, 6.45) is 1.01. The molecule has 1 aromatic heterocycles. The third-order valence-electron chi connectivity index (χ3n) is 2.28. The molecule has 5 heteroatoms. The summed E-state index contributed by atoms with van der Waals surface area (Å²) in [5.74, 6) is -0.324. The lowest BCUT2D eigenvalue weighted by molar-refractivity contribution is 0.0697. The smallest absolute Gasteiger partial charge is 0.340 e. The van der Waals surface area contributed by atoms with Crippen LogP contribution in [0.25, 0.3) is 0 Å². The van der Waals surface area contributed by atoms with Crippen LogP contribution >= 0.6 is 11.5 Å². The Bertz CT molecular complexity index is 374. The molecule has 0 aliphatic carbocycles. The molecule has 1 unspecified atom stereocenters. The number of aromatic nitrogens is 1. The standard InChI is InChI=1S/C11H18N2O2S/c1-6(2)5-7(3)12-10-9(11(14)15)8(4)13-16-10/h6-7,12H,5H2,1-4H3,(H,14,15). The van der Waals surface area contributed by atoms with E-state index in [9.17, 15) is 4.79 Å². The zero-order valence-electron chi connectivity index (χ0n) is 10.1. The number of carbonyl (C=O) groups is 1. The average Bonchev–Trinajstić information content (AvgIpc) is 2.45. The van der Waals surface area contributed by atoms with Crippen LogP contribution in [0.3, 0.4) is 0 Å². The molecule has 90 valence electrons. The van der Waals surface area contributed by atoms with Crippen LogP contribution in [0.5, 0.6) is 0 Å². The summed E-state index contributed by atoms with van der Waals surface area (Å²) in [5, 5.41) is 12.9. The number of carboxylic acid groups (broad SMARTS) is 1. The number of hydrogen-bond acceptors (Lipinski definition) is 4. The number of aromatic carboxylic acids is 1. The minimum absolute atomic E-state index is 0.262. The molecule has 0 aromatic carbocycles. The highest BCUT2D eigenvalue weighted by molar-refractivity contribution is 7.10. The maximum absolute atomic E-state index is 11.0. The van der Waals surface area contributed by atoms with E-state index >= 15 is 0 Å². The first-order valence-corrected chi connectivity index (χ1v) is 6.15. The van der Waals surface area contributed by atoms with Crippen molar-refractivity contribution >= 4 is 22.5 Å². The fourth-order valence-corrected chi connectivity index (χ4v) is 2.61. The Hall–Kier alpha value is -1.10. The largest absolute Gasteiger partial charge is 0.478 e. The molecule has 0 amide bonds. The minimum Gasteiger partial charge on any atom is -0.478 e. The SMILES string of the molecule is Cc1nsc(NC(C)CC(C)C)c1C(=O)O. The van der Waals surface area contributed by atoms with Crippen LogP contribution in [0.1, 0.15) is 43.2 Å². The summed E-state index contributed by atoms with van der Waals surface area (Å²) in [5.41, 5.74) is 0.886. The molecule has 0 aliphatic heterocycles. The molecule has 0 radical (unpaired) electrons. The Morgan fingerprint density at radius 1 is 1.50 bits per heavy atom. The number of anilines is 1. The Labute approximate surface area is 99.9 Å². The van der Waals surface area contributed by atoms with Gasteiger partial charge in [0, 0.05) is 6.04 Å². The van der Waals surface area contributed by atoms with Crippen molar-refractivity contribution in [2.75, 3.05) is 5.32 Å². The average molecular weight is 242 g/mol. The van der Waals surface area contributed by atoms with E-state index in [1.165, 1.54) is 11.5 Å². The molecular weight excluding hydrogens is 224 g/mol. The third kappa shape index (κ3) is 3.20. The maximum atomic E-state index is 11.0. The quantitative estimate of drug-likeness (QED) is 0.833. The lowest BCUT2D eigenvalue weighted by atomic mass is 10.1. The van der Waals surface area contributed by atoms with Gasteiger partial charge in [-0.05, 0) is 37.7 Å². The van der Waals surface area contributed by atoms with E-state index < -0.39 is 5.97 Å². The number of aryl methyl sites for hydroxylation is 1. The van der Waals surface area contributed by atoms with Gasteiger partial charge in [0.25, 0.3) is 0 Å². The first-order chi connectivity index (χ1) is 7.41. The Kier molecular flexibility index (Phi) is 4.29. The van der Waals surface area contributed by atoms with E-state index in [1.54, 1.807) is 6.92 Å². The van der Waals surface area contributed by atoms with E-state index in [2.05, 4.69) is 30.5 Å². The number of nitrogens with one attached hydrogen (secondary N) is 1. The molecular formula is C11H18N2O2S. The van der Waals surface area contributed by atoms with E-state index in [4.69, 9.17) is 5.11 Å². The molecule has 2 N–H and O–H groups in total. The monoisotopic (exact) mass is 242 g/mol. The number of carboxylic acids is 1. The van der Waals surface area contributed by atoms with Crippen molar-refractivity contribution in [3.63, 3.8) is 0 Å². The fraction of sp³-hybridized carbons (Fsp3) is 0.636. The second kappa shape index (κ2) is 5.30. The van der Waals surface area contributed by atoms with Gasteiger partial charge in [-0.3, -0.25) is 0 Å². The molecule has 1 aromatic rings. The van der Waals surface area contributed by atoms with Gasteiger partial charge >= 0.3 is 5.97 Å². The van der Waals surface area contributed by atoms with Crippen LogP contribution < -0.4 is 5.32 Å². The molecule has 16 heavy (non-hydrogen) atoms. The topological polar surface area (TPSA) is 62.2 Å². The molecule has 1 rings (SSSR count). The highest BCUT2D eigenvalue weighted by Crippen LogP contribution is 2.25. The van der Waals surface area contributed by atoms with Gasteiger partial charge < -0.3 is 10.4 Å². The zero-order valence-corrected chi connectivity index (χ0v) is 10.9. The molecule has 0 fully saturated rings. The van der Waals surface area contributed by atoms with Gasteiger partial charge in [-0.15, -0.1) is 0 Å². The number of rotatable bonds is 5. The summed E-state index contributed by atoms with van der Waals surface area (Å²) in [6, 6.07) is 0.262. The van der Waals surface area contributed by atoms with Crippen molar-refractivity contribution in [3.05, 3.63) is 11.3 Å². The van der Waals surface area contributed by atoms with E-state index in [-0.39, 0.29) is 6.04 Å². The molecule has 0 bridgehead atoms. The molecule has 1 heterocycles. The second-order valence-electron chi connectivity index (χ2n) is 4.45. The highest BCUT2D eigenvalue weighted by atomic mass is 32.1. The summed E-state index contributed by atoms with van der Waals surface area (Å²) in [4.78, 5) is 11.0. The lowest BCUT2D eigenvalue weighted by Crippen LogP contribution is -2.18. The first kappa shape index (κ1) is 13.0. The minimum atomic E-state index is -0.912. The van der Waals surface area contributed by atoms with Crippen molar-refractivity contribution in [2.24, 2.45) is 5.92 Å². The Morgan fingerprint density at radius 2 is 2.12 bits per heavy atom. The fourth-order valence-electron chi connectivity index (χ4n) is 1.71. The van der Waals surface area contributed by atoms with Gasteiger partial charge in [-0.25, -0.2) is 4.79 Å². The van der Waals surface area contributed by atoms with Gasteiger partial charge in [0.05, 0.1) is 5.69 Å². The summed E-state index contributed by atoms with van der Waals surface area (Å²) < 4.78 is 4.07. The van der Waals surface area contributed by atoms with Crippen molar-refractivity contribution in [2.45, 2.75) is 40.2 Å². The highest BCUT2D eigenvalue weighted by Gasteiger charge is 2.18. The predicted octanol–water partition coefficient (Wildman–Crippen LogP) is 3.00. The maximum Gasteiger partial charge on any atom is 0.340 e. The summed E-state index contributed by atoms with van der Waals surface area (Å²) in [7, 11) is 0. The lowest BCUT2D eigenvalue weighted by Gasteiger charge is -2.16. The summed E-state index contributed by atoms with van der Waals surface area (Å²) in [6.45, 7) is 8.07. The summed E-state index contributed by atoms with van der Waals surface area (Å²) >= 11 is 1.22. The van der Waals surface area contributed by atoms with Gasteiger partial charge in [0.15, 0.2) is 0 Å². The second-order valence-corrected chi connectivity index (χ2v) is 5.23. The van der Waals surface area contributed by atoms with Crippen molar-refractivity contribution in [1.29, 1.82) is 0 Å². The molecule has 0 aliphatic rings. The third-order valence-corrected chi connectivity index (χ3v) is 3.15. The van der Waals surface area contributed by atoms with Crippen LogP contribution in [-0.4, -0.2) is 21.5 Å². The first-order valence-electron chi connectivity index (χ1n) is 5.38. The number of hydrogen-bond donors (Lipinski definition) is 2. The van der Waals surface area contributed by atoms with Crippen LogP contribution in [0.15, 0.2) is 0 Å². The van der Waals surface area contributed by atoms with Crippen molar-refractivity contribution < 1.29 is 9.90 Å². The molecule has 0 saturated carbocycles.